The van der Waals surface area contributed by atoms with Gasteiger partial charge in [0.1, 0.15) is 11.6 Å². The first kappa shape index (κ1) is 13.1. The van der Waals surface area contributed by atoms with E-state index in [1.54, 1.807) is 30.8 Å². The molecule has 0 aliphatic carbocycles. The second-order valence-electron chi connectivity index (χ2n) is 4.17. The molecule has 2 heterocycles. The minimum atomic E-state index is -0.512. The monoisotopic (exact) mass is 260 g/mol. The van der Waals surface area contributed by atoms with Crippen LogP contribution in [-0.4, -0.2) is 27.1 Å². The van der Waals surface area contributed by atoms with Crippen LogP contribution in [0.5, 0.6) is 0 Å². The molecule has 0 radical (unpaired) electrons. The van der Waals surface area contributed by atoms with E-state index in [9.17, 15) is 4.79 Å². The van der Waals surface area contributed by atoms with Gasteiger partial charge < -0.3 is 10.5 Å². The molecule has 6 nitrogen and oxygen atoms in total. The molecule has 0 saturated carbocycles. The van der Waals surface area contributed by atoms with Crippen LogP contribution >= 0.6 is 0 Å². The van der Waals surface area contributed by atoms with Crippen LogP contribution in [0.4, 0.5) is 5.82 Å². The third kappa shape index (κ3) is 2.42. The first-order valence-corrected chi connectivity index (χ1v) is 5.98. The molecule has 2 aromatic rings. The largest absolute Gasteiger partial charge is 0.461 e. The normalized spacial score (nSPS) is 10.5. The van der Waals surface area contributed by atoms with Crippen molar-refractivity contribution in [2.75, 3.05) is 12.3 Å². The highest BCUT2D eigenvalue weighted by Gasteiger charge is 2.20. The summed E-state index contributed by atoms with van der Waals surface area (Å²) in [7, 11) is 0. The molecule has 19 heavy (non-hydrogen) atoms. The maximum absolute atomic E-state index is 11.7. The van der Waals surface area contributed by atoms with E-state index >= 15 is 0 Å². The second-order valence-corrected chi connectivity index (χ2v) is 4.17. The van der Waals surface area contributed by atoms with Crippen LogP contribution in [-0.2, 0) is 4.74 Å². The predicted octanol–water partition coefficient (Wildman–Crippen LogP) is 1.64. The van der Waals surface area contributed by atoms with E-state index in [0.717, 1.165) is 11.3 Å². The van der Waals surface area contributed by atoms with Gasteiger partial charge in [0, 0.05) is 6.20 Å². The van der Waals surface area contributed by atoms with E-state index in [2.05, 4.69) is 9.97 Å². The van der Waals surface area contributed by atoms with E-state index in [1.807, 2.05) is 13.0 Å². The number of hydrogen-bond acceptors (Lipinski definition) is 5. The molecule has 0 aliphatic rings. The first-order valence-electron chi connectivity index (χ1n) is 5.98. The number of aromatic nitrogens is 3. The Labute approximate surface area is 111 Å². The molecule has 2 rings (SSSR count). The molecule has 0 fully saturated rings. The van der Waals surface area contributed by atoms with Crippen molar-refractivity contribution < 1.29 is 9.53 Å². The van der Waals surface area contributed by atoms with Crippen molar-refractivity contribution in [2.24, 2.45) is 0 Å². The maximum atomic E-state index is 11.7. The van der Waals surface area contributed by atoms with Gasteiger partial charge in [-0.25, -0.2) is 9.78 Å². The average molecular weight is 260 g/mol. The minimum absolute atomic E-state index is 0.140. The molecule has 0 saturated heterocycles. The summed E-state index contributed by atoms with van der Waals surface area (Å²) in [4.78, 5) is 20.0. The van der Waals surface area contributed by atoms with E-state index in [0.29, 0.717) is 5.82 Å². The molecular formula is C13H16N4O2. The Hall–Kier alpha value is -2.37. The molecule has 6 heteroatoms. The Morgan fingerprint density at radius 1 is 1.42 bits per heavy atom. The summed E-state index contributed by atoms with van der Waals surface area (Å²) < 4.78 is 6.61. The Kier molecular flexibility index (Phi) is 3.50. The topological polar surface area (TPSA) is 83.0 Å². The minimum Gasteiger partial charge on any atom is -0.461 e. The van der Waals surface area contributed by atoms with Crippen molar-refractivity contribution in [2.45, 2.75) is 20.8 Å². The number of anilines is 1. The highest BCUT2D eigenvalue weighted by atomic mass is 16.5. The fraction of sp³-hybridized carbons (Fsp3) is 0.308. The Morgan fingerprint density at radius 3 is 2.79 bits per heavy atom. The predicted molar refractivity (Wildman–Crippen MR) is 71.2 cm³/mol. The van der Waals surface area contributed by atoms with Crippen molar-refractivity contribution in [1.82, 2.24) is 14.5 Å². The standard InChI is InChI=1S/C13H16N4O2/c1-4-19-13(18)11-12(14)17(9(3)16-11)10-5-8(2)6-15-7-10/h5-7H,4,14H2,1-3H3. The van der Waals surface area contributed by atoms with Crippen LogP contribution in [0, 0.1) is 13.8 Å². The number of hydrogen-bond donors (Lipinski definition) is 1. The molecule has 0 atom stereocenters. The van der Waals surface area contributed by atoms with Crippen LogP contribution in [0.15, 0.2) is 18.5 Å². The molecule has 0 bridgehead atoms. The fourth-order valence-corrected chi connectivity index (χ4v) is 1.89. The average Bonchev–Trinajstić information content (AvgIpc) is 2.65. The van der Waals surface area contributed by atoms with Crippen molar-refractivity contribution in [3.63, 3.8) is 0 Å². The number of pyridine rings is 1. The Morgan fingerprint density at radius 2 is 2.16 bits per heavy atom. The van der Waals surface area contributed by atoms with Gasteiger partial charge >= 0.3 is 5.97 Å². The van der Waals surface area contributed by atoms with Gasteiger partial charge in [0.05, 0.1) is 18.5 Å². The van der Waals surface area contributed by atoms with Crippen molar-refractivity contribution in [1.29, 1.82) is 0 Å². The molecule has 0 aliphatic heterocycles. The summed E-state index contributed by atoms with van der Waals surface area (Å²) in [5.74, 6) is 0.374. The van der Waals surface area contributed by atoms with E-state index in [-0.39, 0.29) is 18.1 Å². The third-order valence-corrected chi connectivity index (χ3v) is 2.67. The number of carbonyl (C=O) groups is 1. The molecule has 2 N–H and O–H groups in total. The van der Waals surface area contributed by atoms with Crippen LogP contribution in [0.25, 0.3) is 5.69 Å². The van der Waals surface area contributed by atoms with Crippen LogP contribution < -0.4 is 5.73 Å². The first-order chi connectivity index (χ1) is 9.04. The van der Waals surface area contributed by atoms with E-state index < -0.39 is 5.97 Å². The lowest BCUT2D eigenvalue weighted by Crippen LogP contribution is -2.09. The number of nitrogens with two attached hydrogens (primary N) is 1. The van der Waals surface area contributed by atoms with Gasteiger partial charge in [-0.3, -0.25) is 9.55 Å². The number of nitrogens with zero attached hydrogens (tertiary/aromatic N) is 3. The van der Waals surface area contributed by atoms with E-state index in [1.165, 1.54) is 0 Å². The quantitative estimate of drug-likeness (QED) is 0.848. The van der Waals surface area contributed by atoms with Crippen molar-refractivity contribution >= 4 is 11.8 Å². The van der Waals surface area contributed by atoms with Gasteiger partial charge in [-0.1, -0.05) is 0 Å². The second kappa shape index (κ2) is 5.09. The lowest BCUT2D eigenvalue weighted by molar-refractivity contribution is 0.0521. The smallest absolute Gasteiger partial charge is 0.360 e. The lowest BCUT2D eigenvalue weighted by Gasteiger charge is -2.07. The summed E-state index contributed by atoms with van der Waals surface area (Å²) >= 11 is 0. The third-order valence-electron chi connectivity index (χ3n) is 2.67. The molecule has 100 valence electrons. The van der Waals surface area contributed by atoms with Gasteiger partial charge in [0.25, 0.3) is 0 Å². The summed E-state index contributed by atoms with van der Waals surface area (Å²) in [5, 5.41) is 0. The van der Waals surface area contributed by atoms with Gasteiger partial charge in [-0.15, -0.1) is 0 Å². The summed E-state index contributed by atoms with van der Waals surface area (Å²) in [6.45, 7) is 5.74. The van der Waals surface area contributed by atoms with Crippen molar-refractivity contribution in [3.05, 3.63) is 35.5 Å². The molecule has 0 spiro atoms. The Balaban J connectivity index is 2.51. The van der Waals surface area contributed by atoms with Gasteiger partial charge in [0.15, 0.2) is 5.69 Å². The molecular weight excluding hydrogens is 244 g/mol. The number of nitrogen functional groups attached to an aromatic ring is 1. The molecule has 0 unspecified atom stereocenters. The van der Waals surface area contributed by atoms with Crippen LogP contribution in [0.2, 0.25) is 0 Å². The van der Waals surface area contributed by atoms with Crippen LogP contribution in [0.1, 0.15) is 28.8 Å². The van der Waals surface area contributed by atoms with Crippen molar-refractivity contribution in [3.8, 4) is 5.69 Å². The zero-order valence-electron chi connectivity index (χ0n) is 11.2. The van der Waals surface area contributed by atoms with Gasteiger partial charge in [-0.05, 0) is 32.4 Å². The molecule has 0 amide bonds. The number of carbonyl (C=O) groups excluding carboxylic acids is 1. The number of ether oxygens (including phenoxy) is 1. The summed E-state index contributed by atoms with van der Waals surface area (Å²) in [6.07, 6.45) is 3.42. The summed E-state index contributed by atoms with van der Waals surface area (Å²) in [6, 6.07) is 1.92. The molecule has 2 aromatic heterocycles. The van der Waals surface area contributed by atoms with Gasteiger partial charge in [0.2, 0.25) is 0 Å². The highest BCUT2D eigenvalue weighted by Crippen LogP contribution is 2.21. The molecule has 0 aromatic carbocycles. The number of esters is 1. The zero-order valence-corrected chi connectivity index (χ0v) is 11.2. The van der Waals surface area contributed by atoms with E-state index in [4.69, 9.17) is 10.5 Å². The highest BCUT2D eigenvalue weighted by molar-refractivity contribution is 5.92. The van der Waals surface area contributed by atoms with Gasteiger partial charge in [-0.2, -0.15) is 0 Å². The Bertz CT molecular complexity index is 619. The lowest BCUT2D eigenvalue weighted by atomic mass is 10.3. The maximum Gasteiger partial charge on any atom is 0.360 e. The SMILES string of the molecule is CCOC(=O)c1nc(C)n(-c2cncc(C)c2)c1N. The number of rotatable bonds is 3. The zero-order chi connectivity index (χ0) is 14.0. The van der Waals surface area contributed by atoms with Crippen LogP contribution in [0.3, 0.4) is 0 Å². The fourth-order valence-electron chi connectivity index (χ4n) is 1.89. The number of aryl methyl sites for hydroxylation is 2. The number of imidazole rings is 1. The summed E-state index contributed by atoms with van der Waals surface area (Å²) in [5.41, 5.74) is 7.91.